The largest absolute Gasteiger partial charge is 0.509 e. The van der Waals surface area contributed by atoms with E-state index >= 15 is 0 Å². The zero-order valence-corrected chi connectivity index (χ0v) is 14.7. The third-order valence-electron chi connectivity index (χ3n) is 5.28. The average Bonchev–Trinajstić information content (AvgIpc) is 2.66. The quantitative estimate of drug-likeness (QED) is 0.677. The lowest BCUT2D eigenvalue weighted by Crippen LogP contribution is -2.52. The van der Waals surface area contributed by atoms with Gasteiger partial charge in [0, 0.05) is 6.92 Å². The van der Waals surface area contributed by atoms with Crippen molar-refractivity contribution in [1.29, 1.82) is 0 Å². The van der Waals surface area contributed by atoms with Gasteiger partial charge in [0.25, 0.3) is 0 Å². The molecule has 0 aliphatic carbocycles. The van der Waals surface area contributed by atoms with E-state index in [4.69, 9.17) is 23.7 Å². The van der Waals surface area contributed by atoms with E-state index in [1.165, 1.54) is 6.92 Å². The summed E-state index contributed by atoms with van der Waals surface area (Å²) in [6, 6.07) is 0. The van der Waals surface area contributed by atoms with Gasteiger partial charge < -0.3 is 23.7 Å². The molecule has 0 bridgehead atoms. The topological polar surface area (TPSA) is 80.3 Å². The van der Waals surface area contributed by atoms with E-state index in [0.717, 1.165) is 0 Å². The van der Waals surface area contributed by atoms with Crippen molar-refractivity contribution in [2.24, 2.45) is 0 Å². The van der Waals surface area contributed by atoms with Gasteiger partial charge in [-0.3, -0.25) is 4.79 Å². The van der Waals surface area contributed by atoms with Gasteiger partial charge in [-0.25, -0.2) is 4.79 Å². The number of esters is 1. The lowest BCUT2D eigenvalue weighted by Gasteiger charge is -2.38. The van der Waals surface area contributed by atoms with Crippen LogP contribution >= 0.6 is 0 Å². The number of hydrogen-bond acceptors (Lipinski definition) is 7. The summed E-state index contributed by atoms with van der Waals surface area (Å²) in [6.45, 7) is 7.36. The molecule has 136 valence electrons. The Hall–Kier alpha value is -1.34. The van der Waals surface area contributed by atoms with E-state index in [2.05, 4.69) is 0 Å². The highest BCUT2D eigenvalue weighted by Crippen LogP contribution is 2.40. The Morgan fingerprint density at radius 3 is 2.62 bits per heavy atom. The zero-order valence-electron chi connectivity index (χ0n) is 14.7. The number of carbonyl (C=O) groups is 2. The summed E-state index contributed by atoms with van der Waals surface area (Å²) in [5.74, 6) is -0.306. The normalized spacial score (nSPS) is 41.6. The van der Waals surface area contributed by atoms with Crippen LogP contribution in [0.2, 0.25) is 0 Å². The van der Waals surface area contributed by atoms with Gasteiger partial charge in [-0.2, -0.15) is 0 Å². The monoisotopic (exact) mass is 342 g/mol. The number of ether oxygens (including phenoxy) is 5. The Labute approximate surface area is 141 Å². The summed E-state index contributed by atoms with van der Waals surface area (Å²) < 4.78 is 28.4. The predicted octanol–water partition coefficient (Wildman–Crippen LogP) is 2.35. The third kappa shape index (κ3) is 3.37. The van der Waals surface area contributed by atoms with Gasteiger partial charge in [0.2, 0.25) is 0 Å². The van der Waals surface area contributed by atoms with E-state index < -0.39 is 17.4 Å². The Bertz CT molecular complexity index is 517. The van der Waals surface area contributed by atoms with Gasteiger partial charge in [-0.05, 0) is 46.5 Å². The lowest BCUT2D eigenvalue weighted by molar-refractivity contribution is -0.198. The molecule has 3 aliphatic heterocycles. The van der Waals surface area contributed by atoms with Gasteiger partial charge in [-0.15, -0.1) is 0 Å². The SMILES string of the molecule is CC(=O)O[C@@H]1CC[C@@H]2O[C@@H]3COC(=O)O[C@@]3(C)CC[C@H]2OC1(C)C. The third-order valence-corrected chi connectivity index (χ3v) is 5.28. The molecule has 0 spiro atoms. The van der Waals surface area contributed by atoms with Crippen molar-refractivity contribution < 1.29 is 33.3 Å². The number of rotatable bonds is 1. The highest BCUT2D eigenvalue weighted by Gasteiger charge is 2.51. The molecule has 0 saturated carbocycles. The van der Waals surface area contributed by atoms with Crippen molar-refractivity contribution in [3.05, 3.63) is 0 Å². The van der Waals surface area contributed by atoms with E-state index in [9.17, 15) is 9.59 Å². The molecule has 0 aromatic rings. The van der Waals surface area contributed by atoms with Crippen LogP contribution in [0.15, 0.2) is 0 Å². The molecular formula is C17H26O7. The van der Waals surface area contributed by atoms with Crippen LogP contribution in [0, 0.1) is 0 Å². The highest BCUT2D eigenvalue weighted by molar-refractivity contribution is 5.66. The second kappa shape index (κ2) is 6.19. The van der Waals surface area contributed by atoms with Crippen LogP contribution in [0.4, 0.5) is 4.79 Å². The Kier molecular flexibility index (Phi) is 4.51. The summed E-state index contributed by atoms with van der Waals surface area (Å²) in [5.41, 5.74) is -1.29. The first-order chi connectivity index (χ1) is 11.2. The molecule has 3 aliphatic rings. The fourth-order valence-electron chi connectivity index (χ4n) is 3.83. The Morgan fingerprint density at radius 1 is 1.17 bits per heavy atom. The van der Waals surface area contributed by atoms with Crippen molar-refractivity contribution in [3.8, 4) is 0 Å². The number of carbonyl (C=O) groups excluding carboxylic acids is 2. The summed E-state index contributed by atoms with van der Waals surface area (Å²) in [6.07, 6.45) is 1.18. The van der Waals surface area contributed by atoms with E-state index in [-0.39, 0.29) is 37.0 Å². The van der Waals surface area contributed by atoms with E-state index in [1.54, 1.807) is 0 Å². The molecule has 0 amide bonds. The van der Waals surface area contributed by atoms with Crippen molar-refractivity contribution in [3.63, 3.8) is 0 Å². The maximum absolute atomic E-state index is 11.5. The van der Waals surface area contributed by atoms with E-state index in [0.29, 0.717) is 25.7 Å². The molecular weight excluding hydrogens is 316 g/mol. The first-order valence-corrected chi connectivity index (χ1v) is 8.56. The van der Waals surface area contributed by atoms with Crippen molar-refractivity contribution in [1.82, 2.24) is 0 Å². The minimum absolute atomic E-state index is 0.137. The second-order valence-corrected chi connectivity index (χ2v) is 7.61. The lowest BCUT2D eigenvalue weighted by atomic mass is 9.92. The fraction of sp³-hybridized carbons (Fsp3) is 0.882. The van der Waals surface area contributed by atoms with Crippen LogP contribution in [0.3, 0.4) is 0 Å². The predicted molar refractivity (Wildman–Crippen MR) is 82.5 cm³/mol. The molecule has 0 N–H and O–H groups in total. The number of cyclic esters (lactones) is 1. The van der Waals surface area contributed by atoms with Gasteiger partial charge in [-0.1, -0.05) is 0 Å². The standard InChI is InChI=1S/C17H26O7/c1-10(18)21-13-6-5-11-12(23-16(13,2)3)7-8-17(4)14(22-11)9-20-15(19)24-17/h11-14H,5-9H2,1-4H3/t11-,12+,13+,14+,17-/m0/s1. The molecule has 0 unspecified atom stereocenters. The first-order valence-electron chi connectivity index (χ1n) is 8.56. The van der Waals surface area contributed by atoms with Crippen molar-refractivity contribution in [2.45, 2.75) is 89.0 Å². The van der Waals surface area contributed by atoms with Crippen LogP contribution in [-0.4, -0.2) is 54.3 Å². The van der Waals surface area contributed by atoms with Crippen molar-refractivity contribution >= 4 is 12.1 Å². The fourth-order valence-corrected chi connectivity index (χ4v) is 3.83. The van der Waals surface area contributed by atoms with E-state index in [1.807, 2.05) is 20.8 Å². The van der Waals surface area contributed by atoms with Gasteiger partial charge in [0.15, 0.2) is 0 Å². The maximum Gasteiger partial charge on any atom is 0.509 e. The molecule has 7 heteroatoms. The van der Waals surface area contributed by atoms with Crippen LogP contribution in [0.5, 0.6) is 0 Å². The molecule has 5 atom stereocenters. The molecule has 0 radical (unpaired) electrons. The number of fused-ring (bicyclic) bond motifs is 2. The van der Waals surface area contributed by atoms with Crippen LogP contribution in [0.1, 0.15) is 53.4 Å². The van der Waals surface area contributed by atoms with Gasteiger partial charge in [0.1, 0.15) is 24.4 Å². The van der Waals surface area contributed by atoms with Crippen LogP contribution in [-0.2, 0) is 28.5 Å². The molecule has 7 nitrogen and oxygen atoms in total. The molecule has 3 rings (SSSR count). The molecule has 24 heavy (non-hydrogen) atoms. The van der Waals surface area contributed by atoms with Gasteiger partial charge >= 0.3 is 12.1 Å². The Morgan fingerprint density at radius 2 is 1.92 bits per heavy atom. The first kappa shape index (κ1) is 17.5. The molecule has 3 saturated heterocycles. The molecule has 0 aromatic carbocycles. The second-order valence-electron chi connectivity index (χ2n) is 7.61. The molecule has 0 aromatic heterocycles. The average molecular weight is 342 g/mol. The van der Waals surface area contributed by atoms with Crippen LogP contribution in [0.25, 0.3) is 0 Å². The summed E-state index contributed by atoms with van der Waals surface area (Å²) >= 11 is 0. The Balaban J connectivity index is 1.77. The number of hydrogen-bond donors (Lipinski definition) is 0. The van der Waals surface area contributed by atoms with Crippen LogP contribution < -0.4 is 0 Å². The molecule has 3 heterocycles. The summed E-state index contributed by atoms with van der Waals surface area (Å²) in [7, 11) is 0. The molecule has 3 fully saturated rings. The van der Waals surface area contributed by atoms with Crippen molar-refractivity contribution in [2.75, 3.05) is 6.61 Å². The highest BCUT2D eigenvalue weighted by atomic mass is 16.8. The minimum Gasteiger partial charge on any atom is -0.460 e. The summed E-state index contributed by atoms with van der Waals surface area (Å²) in [5, 5.41) is 0. The zero-order chi connectivity index (χ0) is 17.5. The summed E-state index contributed by atoms with van der Waals surface area (Å²) in [4.78, 5) is 22.8. The maximum atomic E-state index is 11.5. The van der Waals surface area contributed by atoms with Gasteiger partial charge in [0.05, 0.1) is 17.8 Å². The smallest absolute Gasteiger partial charge is 0.460 e. The minimum atomic E-state index is -0.690.